The minimum atomic E-state index is 0.0817. The lowest BCUT2D eigenvalue weighted by molar-refractivity contribution is 0.0697. The maximum atomic E-state index is 12.6. The molecule has 1 N–H and O–H groups in total. The van der Waals surface area contributed by atoms with Gasteiger partial charge < -0.3 is 15.1 Å². The van der Waals surface area contributed by atoms with Crippen molar-refractivity contribution in [3.8, 4) is 0 Å². The van der Waals surface area contributed by atoms with Crippen molar-refractivity contribution in [3.63, 3.8) is 0 Å². The SMILES string of the molecule is CC1CCN(C(=O)c2ccc(NCC(c3ccc(Cl)cc3)N(C)C)nc2)CC1. The number of halogens is 1. The predicted octanol–water partition coefficient (Wildman–Crippen LogP) is 4.32. The quantitative estimate of drug-likeness (QED) is 0.784. The number of hydrogen-bond donors (Lipinski definition) is 1. The molecule has 2 heterocycles. The van der Waals surface area contributed by atoms with Gasteiger partial charge in [-0.05, 0) is 62.7 Å². The fraction of sp³-hybridized carbons (Fsp3) is 0.455. The van der Waals surface area contributed by atoms with Crippen LogP contribution in [0.1, 0.15) is 41.7 Å². The van der Waals surface area contributed by atoms with Gasteiger partial charge in [-0.15, -0.1) is 0 Å². The van der Waals surface area contributed by atoms with Gasteiger partial charge in [0.2, 0.25) is 0 Å². The molecule has 0 saturated carbocycles. The van der Waals surface area contributed by atoms with Crippen LogP contribution in [0.4, 0.5) is 5.82 Å². The van der Waals surface area contributed by atoms with Crippen LogP contribution in [0.2, 0.25) is 5.02 Å². The zero-order valence-corrected chi connectivity index (χ0v) is 17.6. The monoisotopic (exact) mass is 400 g/mol. The van der Waals surface area contributed by atoms with E-state index in [9.17, 15) is 4.79 Å². The van der Waals surface area contributed by atoms with E-state index in [-0.39, 0.29) is 11.9 Å². The van der Waals surface area contributed by atoms with Gasteiger partial charge in [0.05, 0.1) is 11.6 Å². The van der Waals surface area contributed by atoms with Gasteiger partial charge in [0.1, 0.15) is 5.82 Å². The number of benzene rings is 1. The summed E-state index contributed by atoms with van der Waals surface area (Å²) in [7, 11) is 4.10. The van der Waals surface area contributed by atoms with Crippen LogP contribution in [0.5, 0.6) is 0 Å². The van der Waals surface area contributed by atoms with E-state index in [0.29, 0.717) is 18.0 Å². The molecule has 2 aromatic rings. The number of rotatable bonds is 6. The first-order valence-corrected chi connectivity index (χ1v) is 10.2. The molecule has 6 heteroatoms. The molecule has 3 rings (SSSR count). The number of hydrogen-bond acceptors (Lipinski definition) is 4. The molecule has 5 nitrogen and oxygen atoms in total. The first-order valence-electron chi connectivity index (χ1n) is 9.85. The average molecular weight is 401 g/mol. The van der Waals surface area contributed by atoms with Gasteiger partial charge in [0, 0.05) is 30.9 Å². The third kappa shape index (κ3) is 5.24. The fourth-order valence-electron chi connectivity index (χ4n) is 3.50. The van der Waals surface area contributed by atoms with E-state index in [1.165, 1.54) is 5.56 Å². The summed E-state index contributed by atoms with van der Waals surface area (Å²) in [5.41, 5.74) is 1.84. The highest BCUT2D eigenvalue weighted by molar-refractivity contribution is 6.30. The molecule has 1 aliphatic rings. The zero-order valence-electron chi connectivity index (χ0n) is 16.9. The first kappa shape index (κ1) is 20.6. The molecule has 1 aliphatic heterocycles. The predicted molar refractivity (Wildman–Crippen MR) is 115 cm³/mol. The standard InChI is InChI=1S/C22H29ClN4O/c1-16-10-12-27(13-11-16)22(28)18-6-9-21(24-14-18)25-15-20(26(2)3)17-4-7-19(23)8-5-17/h4-9,14,16,20H,10-13,15H2,1-3H3,(H,24,25). The number of nitrogens with one attached hydrogen (secondary N) is 1. The van der Waals surface area contributed by atoms with Gasteiger partial charge >= 0.3 is 0 Å². The molecular weight excluding hydrogens is 372 g/mol. The first-order chi connectivity index (χ1) is 13.4. The van der Waals surface area contributed by atoms with E-state index < -0.39 is 0 Å². The van der Waals surface area contributed by atoms with Gasteiger partial charge in [-0.2, -0.15) is 0 Å². The molecule has 1 aromatic carbocycles. The van der Waals surface area contributed by atoms with Crippen molar-refractivity contribution in [1.82, 2.24) is 14.8 Å². The molecular formula is C22H29ClN4O. The Hall–Kier alpha value is -2.11. The van der Waals surface area contributed by atoms with Gasteiger partial charge in [0.25, 0.3) is 5.91 Å². The Morgan fingerprint density at radius 3 is 2.46 bits per heavy atom. The molecule has 0 bridgehead atoms. The number of nitrogens with zero attached hydrogens (tertiary/aromatic N) is 3. The highest BCUT2D eigenvalue weighted by Crippen LogP contribution is 2.22. The number of carbonyl (C=O) groups excluding carboxylic acids is 1. The Morgan fingerprint density at radius 1 is 1.21 bits per heavy atom. The Morgan fingerprint density at radius 2 is 1.89 bits per heavy atom. The number of carbonyl (C=O) groups is 1. The van der Waals surface area contributed by atoms with Gasteiger partial charge in [-0.1, -0.05) is 30.7 Å². The lowest BCUT2D eigenvalue weighted by Crippen LogP contribution is -2.37. The summed E-state index contributed by atoms with van der Waals surface area (Å²) >= 11 is 6.00. The second kappa shape index (κ2) is 9.39. The molecule has 0 aliphatic carbocycles. The summed E-state index contributed by atoms with van der Waals surface area (Å²) in [6, 6.07) is 11.8. The third-order valence-corrected chi connectivity index (χ3v) is 5.69. The highest BCUT2D eigenvalue weighted by Gasteiger charge is 2.21. The molecule has 1 saturated heterocycles. The summed E-state index contributed by atoms with van der Waals surface area (Å²) in [5.74, 6) is 1.56. The van der Waals surface area contributed by atoms with Crippen molar-refractivity contribution in [2.45, 2.75) is 25.8 Å². The van der Waals surface area contributed by atoms with Gasteiger partial charge in [-0.3, -0.25) is 4.79 Å². The molecule has 150 valence electrons. The fourth-order valence-corrected chi connectivity index (χ4v) is 3.63. The number of amides is 1. The lowest BCUT2D eigenvalue weighted by atomic mass is 9.99. The van der Waals surface area contributed by atoms with Crippen molar-refractivity contribution in [3.05, 3.63) is 58.7 Å². The number of pyridine rings is 1. The van der Waals surface area contributed by atoms with Crippen molar-refractivity contribution < 1.29 is 4.79 Å². The minimum absolute atomic E-state index is 0.0817. The number of piperidine rings is 1. The van der Waals surface area contributed by atoms with E-state index in [4.69, 9.17) is 11.6 Å². The van der Waals surface area contributed by atoms with Crippen LogP contribution in [0.25, 0.3) is 0 Å². The molecule has 0 radical (unpaired) electrons. The zero-order chi connectivity index (χ0) is 20.1. The number of likely N-dealkylation sites (N-methyl/N-ethyl adjacent to an activating group) is 1. The van der Waals surface area contributed by atoms with Crippen LogP contribution in [0, 0.1) is 5.92 Å². The number of anilines is 1. The normalized spacial score (nSPS) is 16.2. The van der Waals surface area contributed by atoms with Crippen LogP contribution >= 0.6 is 11.6 Å². The summed E-state index contributed by atoms with van der Waals surface area (Å²) < 4.78 is 0. The van der Waals surface area contributed by atoms with Crippen LogP contribution < -0.4 is 5.32 Å². The summed E-state index contributed by atoms with van der Waals surface area (Å²) in [5, 5.41) is 4.12. The third-order valence-electron chi connectivity index (χ3n) is 5.44. The average Bonchev–Trinajstić information content (AvgIpc) is 2.70. The van der Waals surface area contributed by atoms with Crippen molar-refractivity contribution >= 4 is 23.3 Å². The topological polar surface area (TPSA) is 48.5 Å². The molecule has 1 amide bonds. The second-order valence-corrected chi connectivity index (χ2v) is 8.26. The molecule has 1 atom stereocenters. The molecule has 1 fully saturated rings. The van der Waals surface area contributed by atoms with Crippen LogP contribution in [0.15, 0.2) is 42.6 Å². The van der Waals surface area contributed by atoms with E-state index >= 15 is 0 Å². The Labute approximate surface area is 172 Å². The Balaban J connectivity index is 1.60. The van der Waals surface area contributed by atoms with Gasteiger partial charge in [0.15, 0.2) is 0 Å². The largest absolute Gasteiger partial charge is 0.368 e. The van der Waals surface area contributed by atoms with E-state index in [1.807, 2.05) is 41.3 Å². The van der Waals surface area contributed by atoms with Crippen LogP contribution in [-0.2, 0) is 0 Å². The van der Waals surface area contributed by atoms with E-state index in [2.05, 4.69) is 36.2 Å². The number of aromatic nitrogens is 1. The molecule has 0 spiro atoms. The Bertz CT molecular complexity index is 768. The maximum absolute atomic E-state index is 12.6. The van der Waals surface area contributed by atoms with Crippen LogP contribution in [-0.4, -0.2) is 54.4 Å². The van der Waals surface area contributed by atoms with E-state index in [0.717, 1.165) is 36.8 Å². The van der Waals surface area contributed by atoms with Crippen molar-refractivity contribution in [2.75, 3.05) is 39.0 Å². The highest BCUT2D eigenvalue weighted by atomic mass is 35.5. The lowest BCUT2D eigenvalue weighted by Gasteiger charge is -2.30. The molecule has 1 aromatic heterocycles. The van der Waals surface area contributed by atoms with Crippen molar-refractivity contribution in [1.29, 1.82) is 0 Å². The van der Waals surface area contributed by atoms with Crippen molar-refractivity contribution in [2.24, 2.45) is 5.92 Å². The summed E-state index contributed by atoms with van der Waals surface area (Å²) in [6.45, 7) is 4.63. The maximum Gasteiger partial charge on any atom is 0.255 e. The summed E-state index contributed by atoms with van der Waals surface area (Å²) in [4.78, 5) is 21.2. The Kier molecular flexibility index (Phi) is 6.92. The molecule has 1 unspecified atom stereocenters. The smallest absolute Gasteiger partial charge is 0.255 e. The molecule has 28 heavy (non-hydrogen) atoms. The number of likely N-dealkylation sites (tertiary alicyclic amines) is 1. The second-order valence-electron chi connectivity index (χ2n) is 7.82. The van der Waals surface area contributed by atoms with Crippen LogP contribution in [0.3, 0.4) is 0 Å². The van der Waals surface area contributed by atoms with Gasteiger partial charge in [-0.25, -0.2) is 4.98 Å². The van der Waals surface area contributed by atoms with E-state index in [1.54, 1.807) is 6.20 Å². The summed E-state index contributed by atoms with van der Waals surface area (Å²) in [6.07, 6.45) is 3.83. The minimum Gasteiger partial charge on any atom is -0.368 e.